The van der Waals surface area contributed by atoms with Gasteiger partial charge in [0.1, 0.15) is 5.82 Å². The van der Waals surface area contributed by atoms with Gasteiger partial charge < -0.3 is 0 Å². The quantitative estimate of drug-likeness (QED) is 0.759. The summed E-state index contributed by atoms with van der Waals surface area (Å²) < 4.78 is 24.6. The lowest BCUT2D eigenvalue weighted by molar-refractivity contribution is 0.627. The molecule has 0 saturated carbocycles. The third-order valence-electron chi connectivity index (χ3n) is 2.69. The predicted octanol–water partition coefficient (Wildman–Crippen LogP) is 3.73. The highest BCUT2D eigenvalue weighted by Crippen LogP contribution is 2.07. The summed E-state index contributed by atoms with van der Waals surface area (Å²) in [6, 6.07) is 15.8. The highest BCUT2D eigenvalue weighted by Gasteiger charge is 1.99. The van der Waals surface area contributed by atoms with Gasteiger partial charge in [-0.1, -0.05) is 42.5 Å². The minimum Gasteiger partial charge on any atom is -0.254 e. The van der Waals surface area contributed by atoms with E-state index in [1.165, 1.54) is 12.1 Å². The molecular formula is C16H15FOS. The lowest BCUT2D eigenvalue weighted by Gasteiger charge is -1.98. The number of rotatable bonds is 5. The van der Waals surface area contributed by atoms with E-state index in [0.29, 0.717) is 5.75 Å². The van der Waals surface area contributed by atoms with Crippen molar-refractivity contribution in [3.05, 3.63) is 78.1 Å². The summed E-state index contributed by atoms with van der Waals surface area (Å²) in [5.74, 6) is 0.281. The highest BCUT2D eigenvalue weighted by atomic mass is 32.2. The van der Waals surface area contributed by atoms with Crippen LogP contribution in [0.2, 0.25) is 0 Å². The van der Waals surface area contributed by atoms with Crippen LogP contribution in [-0.4, -0.2) is 9.96 Å². The summed E-state index contributed by atoms with van der Waals surface area (Å²) in [5.41, 5.74) is 1.04. The Morgan fingerprint density at radius 3 is 2.32 bits per heavy atom. The van der Waals surface area contributed by atoms with Crippen LogP contribution in [0.25, 0.3) is 0 Å². The second kappa shape index (κ2) is 7.00. The van der Waals surface area contributed by atoms with Gasteiger partial charge in [0.15, 0.2) is 0 Å². The molecule has 0 aliphatic heterocycles. The van der Waals surface area contributed by atoms with Crippen LogP contribution in [-0.2, 0) is 17.2 Å². The van der Waals surface area contributed by atoms with E-state index in [1.807, 2.05) is 42.5 Å². The third kappa shape index (κ3) is 4.45. The molecule has 0 aliphatic rings. The smallest absolute Gasteiger partial charge is 0.123 e. The molecule has 2 rings (SSSR count). The first-order valence-corrected chi connectivity index (χ1v) is 7.40. The zero-order valence-electron chi connectivity index (χ0n) is 10.5. The van der Waals surface area contributed by atoms with Crippen molar-refractivity contribution in [1.82, 2.24) is 0 Å². The fraction of sp³-hybridized carbons (Fsp3) is 0.125. The van der Waals surface area contributed by atoms with Gasteiger partial charge >= 0.3 is 0 Å². The van der Waals surface area contributed by atoms with Crippen molar-refractivity contribution >= 4 is 10.8 Å². The maximum atomic E-state index is 12.7. The molecule has 0 radical (unpaired) electrons. The molecule has 2 aromatic rings. The van der Waals surface area contributed by atoms with E-state index in [-0.39, 0.29) is 5.82 Å². The molecule has 0 fully saturated rings. The highest BCUT2D eigenvalue weighted by molar-refractivity contribution is 7.85. The predicted molar refractivity (Wildman–Crippen MR) is 77.0 cm³/mol. The van der Waals surface area contributed by atoms with Crippen molar-refractivity contribution in [2.45, 2.75) is 11.3 Å². The molecule has 0 aliphatic carbocycles. The summed E-state index contributed by atoms with van der Waals surface area (Å²) in [4.78, 5) is 0.842. The normalized spacial score (nSPS) is 12.7. The summed E-state index contributed by atoms with van der Waals surface area (Å²) in [5, 5.41) is 0. The first-order chi connectivity index (χ1) is 9.25. The van der Waals surface area contributed by atoms with E-state index in [0.717, 1.165) is 16.9 Å². The third-order valence-corrected chi connectivity index (χ3v) is 3.98. The van der Waals surface area contributed by atoms with E-state index in [4.69, 9.17) is 0 Å². The topological polar surface area (TPSA) is 17.1 Å². The number of benzene rings is 2. The van der Waals surface area contributed by atoms with Crippen LogP contribution in [0.1, 0.15) is 5.56 Å². The largest absolute Gasteiger partial charge is 0.254 e. The fourth-order valence-corrected chi connectivity index (χ4v) is 2.63. The fourth-order valence-electron chi connectivity index (χ4n) is 1.66. The average molecular weight is 274 g/mol. The maximum Gasteiger partial charge on any atom is 0.123 e. The van der Waals surface area contributed by atoms with Crippen LogP contribution in [0, 0.1) is 5.82 Å². The molecule has 0 bridgehead atoms. The Hall–Kier alpha value is -1.74. The van der Waals surface area contributed by atoms with Gasteiger partial charge in [-0.25, -0.2) is 4.39 Å². The lowest BCUT2D eigenvalue weighted by atomic mass is 10.1. The van der Waals surface area contributed by atoms with E-state index >= 15 is 0 Å². The Morgan fingerprint density at radius 2 is 1.63 bits per heavy atom. The van der Waals surface area contributed by atoms with Crippen molar-refractivity contribution in [2.75, 3.05) is 5.75 Å². The zero-order chi connectivity index (χ0) is 13.5. The molecule has 2 aromatic carbocycles. The molecule has 19 heavy (non-hydrogen) atoms. The Morgan fingerprint density at radius 1 is 0.947 bits per heavy atom. The summed E-state index contributed by atoms with van der Waals surface area (Å²) >= 11 is 0. The van der Waals surface area contributed by atoms with Crippen molar-refractivity contribution < 1.29 is 8.60 Å². The second-order valence-corrected chi connectivity index (χ2v) is 5.62. The van der Waals surface area contributed by atoms with Crippen molar-refractivity contribution in [1.29, 1.82) is 0 Å². The molecule has 1 nitrogen and oxygen atoms in total. The standard InChI is InChI=1S/C16H15FOS/c17-15-11-9-14(10-12-15)6-4-5-13-19(18)16-7-2-1-3-8-16/h1-5,7-12H,6,13H2. The van der Waals surface area contributed by atoms with Gasteiger partial charge in [0.2, 0.25) is 0 Å². The first kappa shape index (κ1) is 13.7. The monoisotopic (exact) mass is 274 g/mol. The van der Waals surface area contributed by atoms with E-state index in [1.54, 1.807) is 12.1 Å². The molecule has 0 amide bonds. The Bertz CT molecular complexity index is 561. The maximum absolute atomic E-state index is 12.7. The van der Waals surface area contributed by atoms with Crippen LogP contribution in [0.4, 0.5) is 4.39 Å². The summed E-state index contributed by atoms with van der Waals surface area (Å²) in [6.07, 6.45) is 4.60. The van der Waals surface area contributed by atoms with Gasteiger partial charge in [-0.3, -0.25) is 4.21 Å². The van der Waals surface area contributed by atoms with Crippen molar-refractivity contribution in [3.8, 4) is 0 Å². The Balaban J connectivity index is 1.84. The minimum absolute atomic E-state index is 0.224. The molecule has 1 atom stereocenters. The molecule has 0 N–H and O–H groups in total. The van der Waals surface area contributed by atoms with Gasteiger partial charge in [0.25, 0.3) is 0 Å². The molecule has 3 heteroatoms. The van der Waals surface area contributed by atoms with Gasteiger partial charge in [0.05, 0.1) is 10.8 Å². The van der Waals surface area contributed by atoms with Crippen molar-refractivity contribution in [3.63, 3.8) is 0 Å². The van der Waals surface area contributed by atoms with Crippen LogP contribution < -0.4 is 0 Å². The minimum atomic E-state index is -0.992. The molecule has 98 valence electrons. The molecule has 0 aromatic heterocycles. The first-order valence-electron chi connectivity index (χ1n) is 6.08. The Kier molecular flexibility index (Phi) is 5.04. The van der Waals surface area contributed by atoms with Crippen LogP contribution in [0.5, 0.6) is 0 Å². The van der Waals surface area contributed by atoms with Gasteiger partial charge in [0, 0.05) is 10.6 Å². The molecule has 0 spiro atoms. The van der Waals surface area contributed by atoms with Crippen LogP contribution >= 0.6 is 0 Å². The van der Waals surface area contributed by atoms with Gasteiger partial charge in [-0.15, -0.1) is 0 Å². The number of halogens is 1. The number of hydrogen-bond acceptors (Lipinski definition) is 1. The van der Waals surface area contributed by atoms with E-state index in [2.05, 4.69) is 0 Å². The lowest BCUT2D eigenvalue weighted by Crippen LogP contribution is -1.94. The van der Waals surface area contributed by atoms with E-state index in [9.17, 15) is 8.60 Å². The van der Waals surface area contributed by atoms with Crippen LogP contribution in [0.3, 0.4) is 0 Å². The number of hydrogen-bond donors (Lipinski definition) is 0. The Labute approximate surface area is 115 Å². The summed E-state index contributed by atoms with van der Waals surface area (Å²) in [7, 11) is -0.992. The zero-order valence-corrected chi connectivity index (χ0v) is 11.3. The van der Waals surface area contributed by atoms with Gasteiger partial charge in [-0.2, -0.15) is 0 Å². The van der Waals surface area contributed by atoms with E-state index < -0.39 is 10.8 Å². The second-order valence-electron chi connectivity index (χ2n) is 4.13. The van der Waals surface area contributed by atoms with Crippen LogP contribution in [0.15, 0.2) is 71.6 Å². The SMILES string of the molecule is O=S(CC=CCc1ccc(F)cc1)c1ccccc1. The summed E-state index contributed by atoms with van der Waals surface area (Å²) in [6.45, 7) is 0. The van der Waals surface area contributed by atoms with Crippen molar-refractivity contribution in [2.24, 2.45) is 0 Å². The number of allylic oxidation sites excluding steroid dienone is 1. The van der Waals surface area contributed by atoms with Gasteiger partial charge in [-0.05, 0) is 36.2 Å². The molecule has 0 saturated heterocycles. The molecule has 1 unspecified atom stereocenters. The average Bonchev–Trinajstić information content (AvgIpc) is 2.46. The molecule has 0 heterocycles. The molecular weight excluding hydrogens is 259 g/mol.